The number of benzene rings is 3. The van der Waals surface area contributed by atoms with E-state index in [1.807, 2.05) is 13.0 Å². The number of ether oxygens (including phenoxy) is 1. The quantitative estimate of drug-likeness (QED) is 0.332. The van der Waals surface area contributed by atoms with Crippen molar-refractivity contribution < 1.29 is 4.74 Å². The Labute approximate surface area is 163 Å². The first-order valence-corrected chi connectivity index (χ1v) is 11.3. The smallest absolute Gasteiger partial charge is 0.177 e. The highest BCUT2D eigenvalue weighted by molar-refractivity contribution is 7.16. The summed E-state index contributed by atoms with van der Waals surface area (Å²) < 4.78 is 6.04. The fourth-order valence-electron chi connectivity index (χ4n) is 3.59. The van der Waals surface area contributed by atoms with Crippen LogP contribution in [-0.2, 0) is 4.74 Å². The predicted octanol–water partition coefficient (Wildman–Crippen LogP) is 3.84. The maximum absolute atomic E-state index is 6.04. The molecule has 1 unspecified atom stereocenters. The Hall–Kier alpha value is -2.68. The average molecular weight is 371 g/mol. The lowest BCUT2D eigenvalue weighted by atomic mass is 10.3. The van der Waals surface area contributed by atoms with Crippen LogP contribution in [0.4, 0.5) is 0 Å². The largest absolute Gasteiger partial charge is 0.370 e. The molecule has 3 rings (SSSR count). The van der Waals surface area contributed by atoms with Crippen molar-refractivity contribution in [2.24, 2.45) is 0 Å². The van der Waals surface area contributed by atoms with Gasteiger partial charge in [0.15, 0.2) is 8.07 Å². The van der Waals surface area contributed by atoms with Gasteiger partial charge in [-0.05, 0) is 27.7 Å². The van der Waals surface area contributed by atoms with E-state index in [-0.39, 0.29) is 6.10 Å². The molecule has 0 saturated carbocycles. The maximum Gasteiger partial charge on any atom is 0.177 e. The van der Waals surface area contributed by atoms with Gasteiger partial charge in [0.2, 0.25) is 0 Å². The van der Waals surface area contributed by atoms with Crippen LogP contribution >= 0.6 is 0 Å². The van der Waals surface area contributed by atoms with Crippen LogP contribution < -0.4 is 15.6 Å². The molecule has 0 N–H and O–H groups in total. The molecule has 0 radical (unpaired) electrons. The summed E-state index contributed by atoms with van der Waals surface area (Å²) in [7, 11) is -2.46. The third-order valence-corrected chi connectivity index (χ3v) is 9.81. The topological polar surface area (TPSA) is 9.23 Å². The Morgan fingerprint density at radius 1 is 0.815 bits per heavy atom. The Kier molecular flexibility index (Phi) is 6.22. The number of hydrogen-bond donors (Lipinski definition) is 0. The number of rotatable bonds is 8. The van der Waals surface area contributed by atoms with Crippen LogP contribution in [0.3, 0.4) is 0 Å². The van der Waals surface area contributed by atoms with E-state index in [0.29, 0.717) is 6.61 Å². The lowest BCUT2D eigenvalue weighted by molar-refractivity contribution is 0.121. The molecule has 2 heteroatoms. The van der Waals surface area contributed by atoms with E-state index < -0.39 is 8.07 Å². The van der Waals surface area contributed by atoms with Crippen molar-refractivity contribution in [2.45, 2.75) is 13.0 Å². The summed E-state index contributed by atoms with van der Waals surface area (Å²) in [4.78, 5) is 0. The summed E-state index contributed by atoms with van der Waals surface area (Å²) >= 11 is 0. The third kappa shape index (κ3) is 3.87. The van der Waals surface area contributed by atoms with Crippen molar-refractivity contribution in [2.75, 3.05) is 6.61 Å². The molecule has 0 aliphatic rings. The van der Waals surface area contributed by atoms with Crippen LogP contribution in [0.25, 0.3) is 0 Å². The zero-order valence-electron chi connectivity index (χ0n) is 15.8. The van der Waals surface area contributed by atoms with Gasteiger partial charge in [-0.15, -0.1) is 13.2 Å². The normalized spacial score (nSPS) is 12.3. The summed E-state index contributed by atoms with van der Waals surface area (Å²) in [6.07, 6.45) is 1.82. The molecule has 0 bridgehead atoms. The minimum Gasteiger partial charge on any atom is -0.370 e. The Morgan fingerprint density at radius 3 is 1.52 bits per heavy atom. The Bertz CT molecular complexity index is 775. The molecule has 27 heavy (non-hydrogen) atoms. The lowest BCUT2D eigenvalue weighted by Crippen LogP contribution is -2.69. The average Bonchev–Trinajstić information content (AvgIpc) is 2.75. The fourth-order valence-corrected chi connectivity index (χ4v) is 8.19. The molecular weight excluding hydrogens is 344 g/mol. The molecule has 0 amide bonds. The molecule has 0 spiro atoms. The van der Waals surface area contributed by atoms with E-state index in [1.165, 1.54) is 15.6 Å². The van der Waals surface area contributed by atoms with Crippen LogP contribution in [0.15, 0.2) is 115 Å². The monoisotopic (exact) mass is 370 g/mol. The van der Waals surface area contributed by atoms with Crippen LogP contribution in [-0.4, -0.2) is 20.8 Å². The van der Waals surface area contributed by atoms with Crippen LogP contribution in [0, 0.1) is 0 Å². The second-order valence-corrected chi connectivity index (χ2v) is 10.6. The standard InChI is InChI=1S/C25H26OSi/c1-4-21(2)26-20-22(3)27(23-14-8-5-9-15-23,24-16-10-6-11-17-24)25-18-12-7-13-19-25/h4-19,21H,1,3,20H2,2H3. The van der Waals surface area contributed by atoms with Crippen molar-refractivity contribution in [3.63, 3.8) is 0 Å². The van der Waals surface area contributed by atoms with Crippen molar-refractivity contribution >= 4 is 23.6 Å². The molecule has 1 atom stereocenters. The lowest BCUT2D eigenvalue weighted by Gasteiger charge is -2.36. The van der Waals surface area contributed by atoms with Gasteiger partial charge >= 0.3 is 0 Å². The molecule has 0 aliphatic carbocycles. The maximum atomic E-state index is 6.04. The molecule has 3 aromatic rings. The Morgan fingerprint density at radius 2 is 1.19 bits per heavy atom. The molecule has 0 fully saturated rings. The minimum absolute atomic E-state index is 0.00392. The summed E-state index contributed by atoms with van der Waals surface area (Å²) in [6, 6.07) is 32.3. The van der Waals surface area contributed by atoms with E-state index in [2.05, 4.69) is 104 Å². The van der Waals surface area contributed by atoms with Gasteiger partial charge in [0.05, 0.1) is 12.7 Å². The van der Waals surface area contributed by atoms with E-state index >= 15 is 0 Å². The van der Waals surface area contributed by atoms with Gasteiger partial charge < -0.3 is 4.74 Å². The zero-order valence-corrected chi connectivity index (χ0v) is 16.8. The first-order chi connectivity index (χ1) is 13.2. The highest BCUT2D eigenvalue weighted by atomic mass is 28.3. The highest BCUT2D eigenvalue weighted by Crippen LogP contribution is 2.17. The molecule has 1 nitrogen and oxygen atoms in total. The van der Waals surface area contributed by atoms with Gasteiger partial charge in [-0.3, -0.25) is 0 Å². The summed E-state index contributed by atoms with van der Waals surface area (Å²) in [6.45, 7) is 10.9. The molecule has 0 heterocycles. The Balaban J connectivity index is 2.23. The van der Waals surface area contributed by atoms with Gasteiger partial charge in [-0.2, -0.15) is 0 Å². The third-order valence-electron chi connectivity index (χ3n) is 5.00. The SMILES string of the molecule is C=CC(C)OCC(=C)[Si](c1ccccc1)(c1ccccc1)c1ccccc1. The molecule has 0 saturated heterocycles. The van der Waals surface area contributed by atoms with Crippen LogP contribution in [0.2, 0.25) is 0 Å². The second-order valence-electron chi connectivity index (χ2n) is 6.70. The van der Waals surface area contributed by atoms with Crippen molar-refractivity contribution in [3.8, 4) is 0 Å². The number of hydrogen-bond acceptors (Lipinski definition) is 1. The van der Waals surface area contributed by atoms with Crippen LogP contribution in [0.5, 0.6) is 0 Å². The van der Waals surface area contributed by atoms with Gasteiger partial charge in [0.25, 0.3) is 0 Å². The van der Waals surface area contributed by atoms with Gasteiger partial charge in [0, 0.05) is 0 Å². The fraction of sp³-hybridized carbons (Fsp3) is 0.120. The minimum atomic E-state index is -2.46. The molecule has 3 aromatic carbocycles. The van der Waals surface area contributed by atoms with E-state index in [0.717, 1.165) is 5.20 Å². The van der Waals surface area contributed by atoms with E-state index in [4.69, 9.17) is 4.74 Å². The summed E-state index contributed by atoms with van der Waals surface area (Å²) in [5.74, 6) is 0. The first kappa shape index (κ1) is 19.1. The molecule has 0 aliphatic heterocycles. The van der Waals surface area contributed by atoms with E-state index in [1.54, 1.807) is 0 Å². The van der Waals surface area contributed by atoms with Crippen molar-refractivity contribution in [3.05, 3.63) is 115 Å². The van der Waals surface area contributed by atoms with Gasteiger partial charge in [-0.25, -0.2) is 0 Å². The van der Waals surface area contributed by atoms with Gasteiger partial charge in [-0.1, -0.05) is 97.1 Å². The zero-order chi connectivity index (χ0) is 19.1. The second kappa shape index (κ2) is 8.80. The van der Waals surface area contributed by atoms with Crippen molar-refractivity contribution in [1.82, 2.24) is 0 Å². The highest BCUT2D eigenvalue weighted by Gasteiger charge is 2.42. The molecule has 136 valence electrons. The predicted molar refractivity (Wildman–Crippen MR) is 119 cm³/mol. The summed E-state index contributed by atoms with van der Waals surface area (Å²) in [5, 5.41) is 5.10. The van der Waals surface area contributed by atoms with E-state index in [9.17, 15) is 0 Å². The molecular formula is C25H26OSi. The van der Waals surface area contributed by atoms with Gasteiger partial charge in [0.1, 0.15) is 0 Å². The van der Waals surface area contributed by atoms with Crippen LogP contribution in [0.1, 0.15) is 6.92 Å². The summed E-state index contributed by atoms with van der Waals surface area (Å²) in [5.41, 5.74) is 0. The van der Waals surface area contributed by atoms with Crippen molar-refractivity contribution in [1.29, 1.82) is 0 Å². The first-order valence-electron chi connectivity index (χ1n) is 9.28. The molecule has 0 aromatic heterocycles.